The third-order valence-electron chi connectivity index (χ3n) is 0. The van der Waals surface area contributed by atoms with Crippen molar-refractivity contribution in [1.29, 1.82) is 0 Å². The van der Waals surface area contributed by atoms with Crippen molar-refractivity contribution in [2.45, 2.75) is 0 Å². The Balaban J connectivity index is -0.0000000300. The molecular formula is CoN2NiO6-2. The summed E-state index contributed by atoms with van der Waals surface area (Å²) in [5, 5.41) is 29.5. The van der Waals surface area contributed by atoms with Crippen molar-refractivity contribution in [3.8, 4) is 0 Å². The van der Waals surface area contributed by atoms with E-state index >= 15 is 0 Å². The van der Waals surface area contributed by atoms with Gasteiger partial charge in [-0.25, -0.2) is 0 Å². The third kappa shape index (κ3) is 842. The fourth-order valence-electron chi connectivity index (χ4n) is 0. The molecule has 0 atom stereocenters. The summed E-state index contributed by atoms with van der Waals surface area (Å²) < 4.78 is 0. The van der Waals surface area contributed by atoms with Crippen LogP contribution in [0.25, 0.3) is 0 Å². The Labute approximate surface area is 74.5 Å². The zero-order valence-electron chi connectivity index (χ0n) is 3.99. The molecule has 0 unspecified atom stereocenters. The van der Waals surface area contributed by atoms with Crippen LogP contribution in [0.15, 0.2) is 0 Å². The molecule has 0 fully saturated rings. The van der Waals surface area contributed by atoms with E-state index in [-0.39, 0.29) is 33.3 Å². The van der Waals surface area contributed by atoms with Gasteiger partial charge in [0.2, 0.25) is 0 Å². The van der Waals surface area contributed by atoms with E-state index in [1.165, 1.54) is 0 Å². The molecule has 67 valence electrons. The Morgan fingerprint density at radius 1 is 0.800 bits per heavy atom. The van der Waals surface area contributed by atoms with Gasteiger partial charge in [0.05, 0.1) is 10.2 Å². The van der Waals surface area contributed by atoms with Crippen LogP contribution in [-0.2, 0) is 33.3 Å². The second kappa shape index (κ2) is 15.8. The largest absolute Gasteiger partial charge is 0.356 e. The van der Waals surface area contributed by atoms with Gasteiger partial charge in [0.15, 0.2) is 0 Å². The fourth-order valence-corrected chi connectivity index (χ4v) is 0. The SMILES string of the molecule is O=[N+]([O-])[O-].O=[N+]([O-])[O-].[Co].[Ni]. The molecule has 0 heterocycles. The van der Waals surface area contributed by atoms with Crippen LogP contribution in [0.3, 0.4) is 0 Å². The zero-order chi connectivity index (χ0) is 7.15. The Morgan fingerprint density at radius 2 is 0.800 bits per heavy atom. The van der Waals surface area contributed by atoms with E-state index in [9.17, 15) is 0 Å². The molecule has 0 amide bonds. The molecule has 0 N–H and O–H groups in total. The minimum absolute atomic E-state index is 0. The molecule has 8 nitrogen and oxygen atoms in total. The molecule has 0 aliphatic rings. The second-order valence-corrected chi connectivity index (χ2v) is 0.447. The van der Waals surface area contributed by atoms with Gasteiger partial charge in [-0.15, -0.1) is 0 Å². The van der Waals surface area contributed by atoms with Crippen molar-refractivity contribution in [2.24, 2.45) is 0 Å². The summed E-state index contributed by atoms with van der Waals surface area (Å²) in [5.41, 5.74) is 0. The fraction of sp³-hybridized carbons (Fsp3) is 0. The summed E-state index contributed by atoms with van der Waals surface area (Å²) in [6.07, 6.45) is 0. The molecule has 0 aromatic rings. The maximum Gasteiger partial charge on any atom is 0.0689 e. The van der Waals surface area contributed by atoms with Crippen LogP contribution in [0.2, 0.25) is 0 Å². The smallest absolute Gasteiger partial charge is 0.0689 e. The Kier molecular flexibility index (Phi) is 35.9. The van der Waals surface area contributed by atoms with Gasteiger partial charge in [0, 0.05) is 33.3 Å². The average molecular weight is 242 g/mol. The Hall–Kier alpha value is -0.600. The summed E-state index contributed by atoms with van der Waals surface area (Å²) in [7, 11) is 0. The van der Waals surface area contributed by atoms with Gasteiger partial charge in [-0.1, -0.05) is 0 Å². The summed E-state index contributed by atoms with van der Waals surface area (Å²) in [6, 6.07) is 0. The number of hydrogen-bond acceptors (Lipinski definition) is 6. The van der Waals surface area contributed by atoms with Crippen molar-refractivity contribution in [3.63, 3.8) is 0 Å². The van der Waals surface area contributed by atoms with Crippen LogP contribution in [0, 0.1) is 30.6 Å². The first-order valence-corrected chi connectivity index (χ1v) is 1.10. The molecule has 1 radical (unpaired) electrons. The average Bonchev–Trinajstić information content (AvgIpc) is 1.25. The van der Waals surface area contributed by atoms with Crippen LogP contribution in [0.1, 0.15) is 0 Å². The Morgan fingerprint density at radius 3 is 0.800 bits per heavy atom. The second-order valence-electron chi connectivity index (χ2n) is 0.447. The summed E-state index contributed by atoms with van der Waals surface area (Å²) >= 11 is 0. The standard InChI is InChI=1S/Co.2NO3.Ni/c;2*2-1(3)4;/q;2*-1;. The molecule has 0 aromatic carbocycles. The van der Waals surface area contributed by atoms with E-state index in [0.29, 0.717) is 0 Å². The molecule has 0 saturated heterocycles. The molecule has 0 saturated carbocycles. The monoisotopic (exact) mass is 241 g/mol. The van der Waals surface area contributed by atoms with Gasteiger partial charge in [-0.05, 0) is 0 Å². The predicted molar refractivity (Wildman–Crippen MR) is 20.7 cm³/mol. The third-order valence-corrected chi connectivity index (χ3v) is 0. The minimum Gasteiger partial charge on any atom is -0.356 e. The molecule has 0 aliphatic heterocycles. The summed E-state index contributed by atoms with van der Waals surface area (Å²) in [4.78, 5) is 16.5. The molecule has 10 heavy (non-hydrogen) atoms. The number of hydrogen-bond donors (Lipinski definition) is 0. The maximum atomic E-state index is 8.25. The van der Waals surface area contributed by atoms with Crippen molar-refractivity contribution >= 4 is 0 Å². The molecule has 0 aliphatic carbocycles. The molecule has 0 aromatic heterocycles. The van der Waals surface area contributed by atoms with Crippen LogP contribution in [-0.4, -0.2) is 10.2 Å². The quantitative estimate of drug-likeness (QED) is 0.319. The molecular weight excluding hydrogens is 242 g/mol. The van der Waals surface area contributed by atoms with E-state index in [4.69, 9.17) is 30.6 Å². The van der Waals surface area contributed by atoms with Crippen molar-refractivity contribution in [3.05, 3.63) is 30.6 Å². The van der Waals surface area contributed by atoms with E-state index < -0.39 is 10.2 Å². The maximum absolute atomic E-state index is 8.25. The van der Waals surface area contributed by atoms with Gasteiger partial charge in [-0.3, -0.25) is 0 Å². The zero-order valence-corrected chi connectivity index (χ0v) is 6.02. The summed E-state index contributed by atoms with van der Waals surface area (Å²) in [6.45, 7) is 0. The van der Waals surface area contributed by atoms with Crippen molar-refractivity contribution < 1.29 is 43.4 Å². The van der Waals surface area contributed by atoms with Gasteiger partial charge >= 0.3 is 0 Å². The summed E-state index contributed by atoms with van der Waals surface area (Å²) in [5.74, 6) is 0. The van der Waals surface area contributed by atoms with E-state index in [1.54, 1.807) is 0 Å². The van der Waals surface area contributed by atoms with E-state index in [1.807, 2.05) is 0 Å². The van der Waals surface area contributed by atoms with Gasteiger partial charge in [0.1, 0.15) is 0 Å². The van der Waals surface area contributed by atoms with E-state index in [0.717, 1.165) is 0 Å². The van der Waals surface area contributed by atoms with E-state index in [2.05, 4.69) is 0 Å². The van der Waals surface area contributed by atoms with Crippen LogP contribution in [0.5, 0.6) is 0 Å². The normalized spacial score (nSPS) is 4.80. The Bertz CT molecular complexity index is 73.7. The number of rotatable bonds is 0. The van der Waals surface area contributed by atoms with Gasteiger partial charge < -0.3 is 30.6 Å². The molecule has 10 heteroatoms. The molecule has 0 rings (SSSR count). The number of nitrogens with zero attached hydrogens (tertiary/aromatic N) is 2. The van der Waals surface area contributed by atoms with Gasteiger partial charge in [0.25, 0.3) is 0 Å². The molecule has 0 spiro atoms. The first-order valence-electron chi connectivity index (χ1n) is 1.10. The van der Waals surface area contributed by atoms with Crippen LogP contribution in [0.4, 0.5) is 0 Å². The molecule has 0 bridgehead atoms. The first kappa shape index (κ1) is 22.7. The van der Waals surface area contributed by atoms with Crippen molar-refractivity contribution in [1.82, 2.24) is 0 Å². The van der Waals surface area contributed by atoms with Crippen LogP contribution >= 0.6 is 0 Å². The minimum atomic E-state index is -1.75. The first-order chi connectivity index (χ1) is 3.46. The predicted octanol–water partition coefficient (Wildman–Crippen LogP) is -0.483. The van der Waals surface area contributed by atoms with Crippen LogP contribution < -0.4 is 0 Å². The topological polar surface area (TPSA) is 132 Å². The van der Waals surface area contributed by atoms with Crippen molar-refractivity contribution in [2.75, 3.05) is 0 Å². The van der Waals surface area contributed by atoms with Gasteiger partial charge in [-0.2, -0.15) is 0 Å².